The summed E-state index contributed by atoms with van der Waals surface area (Å²) in [5, 5.41) is 6.52. The quantitative estimate of drug-likeness (QED) is 0.822. The van der Waals surface area contributed by atoms with Crippen LogP contribution in [0.1, 0.15) is 30.0 Å². The molecule has 1 unspecified atom stereocenters. The molecule has 1 aliphatic rings. The number of anilines is 2. The Kier molecular flexibility index (Phi) is 3.42. The number of carbonyl (C=O) groups is 1. The third-order valence-corrected chi connectivity index (χ3v) is 3.64. The lowest BCUT2D eigenvalue weighted by atomic mass is 9.99. The zero-order valence-corrected chi connectivity index (χ0v) is 11.5. The highest BCUT2D eigenvalue weighted by molar-refractivity contribution is 5.95. The summed E-state index contributed by atoms with van der Waals surface area (Å²) in [6.45, 7) is 2.03. The number of rotatable bonds is 1. The summed E-state index contributed by atoms with van der Waals surface area (Å²) in [7, 11) is 0. The van der Waals surface area contributed by atoms with Crippen LogP contribution < -0.4 is 10.6 Å². The minimum Gasteiger partial charge on any atom is -0.377 e. The molecule has 20 heavy (non-hydrogen) atoms. The molecule has 2 N–H and O–H groups in total. The first kappa shape index (κ1) is 12.7. The molecule has 0 spiro atoms. The first-order valence-corrected chi connectivity index (χ1v) is 6.94. The smallest absolute Gasteiger partial charge is 0.224 e. The van der Waals surface area contributed by atoms with E-state index >= 15 is 0 Å². The van der Waals surface area contributed by atoms with Gasteiger partial charge in [0.25, 0.3) is 0 Å². The Balaban J connectivity index is 1.97. The summed E-state index contributed by atoms with van der Waals surface area (Å²) < 4.78 is 0. The lowest BCUT2D eigenvalue weighted by molar-refractivity contribution is -0.116. The van der Waals surface area contributed by atoms with E-state index in [0.29, 0.717) is 6.42 Å². The Morgan fingerprint density at radius 1 is 1.05 bits per heavy atom. The summed E-state index contributed by atoms with van der Waals surface area (Å²) in [5.41, 5.74) is 4.21. The summed E-state index contributed by atoms with van der Waals surface area (Å²) in [4.78, 5) is 11.9. The number of carbonyl (C=O) groups excluding carboxylic acids is 1. The molecule has 0 saturated carbocycles. The molecule has 0 saturated heterocycles. The fraction of sp³-hybridized carbons (Fsp3) is 0.235. The van der Waals surface area contributed by atoms with Gasteiger partial charge < -0.3 is 10.6 Å². The highest BCUT2D eigenvalue weighted by Gasteiger charge is 2.19. The molecule has 0 radical (unpaired) electrons. The maximum Gasteiger partial charge on any atom is 0.224 e. The molecule has 2 aromatic rings. The van der Waals surface area contributed by atoms with Crippen molar-refractivity contribution in [3.63, 3.8) is 0 Å². The van der Waals surface area contributed by atoms with Gasteiger partial charge in [0, 0.05) is 6.42 Å². The van der Waals surface area contributed by atoms with Crippen molar-refractivity contribution in [3.05, 3.63) is 59.7 Å². The maximum atomic E-state index is 11.9. The fourth-order valence-electron chi connectivity index (χ4n) is 2.57. The van der Waals surface area contributed by atoms with E-state index in [2.05, 4.69) is 28.8 Å². The van der Waals surface area contributed by atoms with Gasteiger partial charge in [-0.1, -0.05) is 36.4 Å². The van der Waals surface area contributed by atoms with Crippen molar-refractivity contribution in [2.24, 2.45) is 0 Å². The van der Waals surface area contributed by atoms with Gasteiger partial charge in [-0.05, 0) is 36.6 Å². The molecule has 1 aliphatic heterocycles. The number of aryl methyl sites for hydroxylation is 1. The van der Waals surface area contributed by atoms with E-state index in [4.69, 9.17) is 0 Å². The van der Waals surface area contributed by atoms with Crippen LogP contribution in [0.15, 0.2) is 48.5 Å². The van der Waals surface area contributed by atoms with Crippen LogP contribution in [-0.4, -0.2) is 5.91 Å². The molecule has 2 aromatic carbocycles. The Labute approximate surface area is 119 Å². The lowest BCUT2D eigenvalue weighted by Crippen LogP contribution is -2.21. The SMILES string of the molecule is Cc1ccc2c(c1)NC(=O)CCC(c1ccccc1)N2. The predicted molar refractivity (Wildman–Crippen MR) is 81.8 cm³/mol. The minimum atomic E-state index is 0.0827. The molecular weight excluding hydrogens is 248 g/mol. The van der Waals surface area contributed by atoms with E-state index in [0.717, 1.165) is 23.4 Å². The van der Waals surface area contributed by atoms with Crippen molar-refractivity contribution < 1.29 is 4.79 Å². The highest BCUT2D eigenvalue weighted by atomic mass is 16.1. The van der Waals surface area contributed by atoms with E-state index in [1.54, 1.807) is 0 Å². The highest BCUT2D eigenvalue weighted by Crippen LogP contribution is 2.32. The molecule has 0 aliphatic carbocycles. The molecule has 1 atom stereocenters. The molecule has 0 fully saturated rings. The van der Waals surface area contributed by atoms with Gasteiger partial charge in [0.2, 0.25) is 5.91 Å². The van der Waals surface area contributed by atoms with Crippen LogP contribution in [0.2, 0.25) is 0 Å². The average Bonchev–Trinajstić information content (AvgIpc) is 2.44. The van der Waals surface area contributed by atoms with E-state index in [1.165, 1.54) is 5.56 Å². The van der Waals surface area contributed by atoms with Crippen LogP contribution in [0, 0.1) is 6.92 Å². The molecule has 3 rings (SSSR count). The monoisotopic (exact) mass is 266 g/mol. The second-order valence-electron chi connectivity index (χ2n) is 5.24. The van der Waals surface area contributed by atoms with E-state index in [-0.39, 0.29) is 11.9 Å². The third kappa shape index (κ3) is 2.67. The van der Waals surface area contributed by atoms with Crippen molar-refractivity contribution in [2.45, 2.75) is 25.8 Å². The molecule has 1 amide bonds. The van der Waals surface area contributed by atoms with E-state index in [9.17, 15) is 4.79 Å². The van der Waals surface area contributed by atoms with Crippen molar-refractivity contribution in [2.75, 3.05) is 10.6 Å². The second kappa shape index (κ2) is 5.37. The average molecular weight is 266 g/mol. The molecule has 102 valence electrons. The van der Waals surface area contributed by atoms with Crippen molar-refractivity contribution in [3.8, 4) is 0 Å². The van der Waals surface area contributed by atoms with Crippen molar-refractivity contribution in [1.82, 2.24) is 0 Å². The number of hydrogen-bond donors (Lipinski definition) is 2. The number of nitrogens with one attached hydrogen (secondary N) is 2. The maximum absolute atomic E-state index is 11.9. The van der Waals surface area contributed by atoms with E-state index < -0.39 is 0 Å². The molecular formula is C17H18N2O. The van der Waals surface area contributed by atoms with Crippen molar-refractivity contribution >= 4 is 17.3 Å². The van der Waals surface area contributed by atoms with E-state index in [1.807, 2.05) is 37.3 Å². The van der Waals surface area contributed by atoms with Gasteiger partial charge in [-0.25, -0.2) is 0 Å². The van der Waals surface area contributed by atoms with Gasteiger partial charge in [0.15, 0.2) is 0 Å². The summed E-state index contributed by atoms with van der Waals surface area (Å²) >= 11 is 0. The van der Waals surface area contributed by atoms with Gasteiger partial charge in [-0.2, -0.15) is 0 Å². The van der Waals surface area contributed by atoms with Crippen LogP contribution >= 0.6 is 0 Å². The lowest BCUT2D eigenvalue weighted by Gasteiger charge is -2.25. The van der Waals surface area contributed by atoms with Gasteiger partial charge in [0.1, 0.15) is 0 Å². The zero-order chi connectivity index (χ0) is 13.9. The van der Waals surface area contributed by atoms with Gasteiger partial charge in [0.05, 0.1) is 17.4 Å². The topological polar surface area (TPSA) is 41.1 Å². The summed E-state index contributed by atoms with van der Waals surface area (Å²) in [6.07, 6.45) is 1.32. The Morgan fingerprint density at radius 2 is 1.85 bits per heavy atom. The summed E-state index contributed by atoms with van der Waals surface area (Å²) in [6, 6.07) is 16.6. The largest absolute Gasteiger partial charge is 0.377 e. The molecule has 0 aromatic heterocycles. The first-order valence-electron chi connectivity index (χ1n) is 6.94. The Hall–Kier alpha value is -2.29. The minimum absolute atomic E-state index is 0.0827. The standard InChI is InChI=1S/C17H18N2O/c1-12-7-8-15-16(11-12)19-17(20)10-9-14(18-15)13-5-3-2-4-6-13/h2-8,11,14,18H,9-10H2,1H3,(H,19,20). The molecule has 1 heterocycles. The fourth-order valence-corrected chi connectivity index (χ4v) is 2.57. The normalized spacial score (nSPS) is 18.2. The third-order valence-electron chi connectivity index (χ3n) is 3.64. The van der Waals surface area contributed by atoms with Crippen molar-refractivity contribution in [1.29, 1.82) is 0 Å². The zero-order valence-electron chi connectivity index (χ0n) is 11.5. The van der Waals surface area contributed by atoms with Gasteiger partial charge in [-0.15, -0.1) is 0 Å². The van der Waals surface area contributed by atoms with Crippen LogP contribution in [0.3, 0.4) is 0 Å². The molecule has 0 bridgehead atoms. The molecule has 3 heteroatoms. The van der Waals surface area contributed by atoms with Gasteiger partial charge in [-0.3, -0.25) is 4.79 Å². The Bertz CT molecular complexity index is 622. The van der Waals surface area contributed by atoms with Crippen LogP contribution in [0.4, 0.5) is 11.4 Å². The second-order valence-corrected chi connectivity index (χ2v) is 5.24. The van der Waals surface area contributed by atoms with Crippen LogP contribution in [0.5, 0.6) is 0 Å². The number of amides is 1. The first-order chi connectivity index (χ1) is 9.72. The predicted octanol–water partition coefficient (Wildman–Crippen LogP) is 3.88. The summed E-state index contributed by atoms with van der Waals surface area (Å²) in [5.74, 6) is 0.0827. The van der Waals surface area contributed by atoms with Crippen LogP contribution in [-0.2, 0) is 4.79 Å². The van der Waals surface area contributed by atoms with Crippen LogP contribution in [0.25, 0.3) is 0 Å². The number of benzene rings is 2. The molecule has 3 nitrogen and oxygen atoms in total. The number of fused-ring (bicyclic) bond motifs is 1. The number of hydrogen-bond acceptors (Lipinski definition) is 2. The van der Waals surface area contributed by atoms with Gasteiger partial charge >= 0.3 is 0 Å². The Morgan fingerprint density at radius 3 is 2.65 bits per heavy atom.